The van der Waals surface area contributed by atoms with Crippen molar-refractivity contribution in [3.8, 4) is 5.75 Å². The van der Waals surface area contributed by atoms with Crippen molar-refractivity contribution < 1.29 is 19.7 Å². The number of fused-ring (bicyclic) bond motifs is 1. The Morgan fingerprint density at radius 2 is 1.75 bits per heavy atom. The normalized spacial score (nSPS) is 13.2. The van der Waals surface area contributed by atoms with Gasteiger partial charge in [0.25, 0.3) is 0 Å². The third-order valence-electron chi connectivity index (χ3n) is 3.23. The molecular formula is C18H26N2O4. The first-order valence-electron chi connectivity index (χ1n) is 8.03. The number of carbonyl (C=O) groups is 1. The summed E-state index contributed by atoms with van der Waals surface area (Å²) in [6, 6.07) is 10.2. The van der Waals surface area contributed by atoms with E-state index in [4.69, 9.17) is 15.6 Å². The number of ether oxygens (including phenoxy) is 1. The predicted molar refractivity (Wildman–Crippen MR) is 95.6 cm³/mol. The van der Waals surface area contributed by atoms with Crippen LogP contribution in [0.2, 0.25) is 0 Å². The Hall–Kier alpha value is -2.15. The van der Waals surface area contributed by atoms with Crippen LogP contribution in [0.3, 0.4) is 0 Å². The minimum Gasteiger partial charge on any atom is -0.507 e. The summed E-state index contributed by atoms with van der Waals surface area (Å²) in [5, 5.41) is 23.0. The molecule has 0 unspecified atom stereocenters. The van der Waals surface area contributed by atoms with Gasteiger partial charge in [0.2, 0.25) is 0 Å². The molecule has 5 N–H and O–H groups in total. The SMILES string of the molecule is C1COCCN1.CCCN.O=C(O)c1cc2ccccc2cc1O. The monoisotopic (exact) mass is 334 g/mol. The van der Waals surface area contributed by atoms with Crippen molar-refractivity contribution in [2.75, 3.05) is 32.8 Å². The van der Waals surface area contributed by atoms with Crippen LogP contribution in [0.15, 0.2) is 36.4 Å². The number of phenols is 1. The minimum absolute atomic E-state index is 0.0660. The standard InChI is InChI=1S/C11H8O3.C4H9NO.C3H9N/c12-10-6-8-4-2-1-3-7(8)5-9(10)11(13)14;1-3-6-4-2-5-1;1-2-3-4/h1-6,12H,(H,13,14);5H,1-4H2;2-4H2,1H3. The Bertz CT molecular complexity index is 614. The summed E-state index contributed by atoms with van der Waals surface area (Å²) >= 11 is 0. The van der Waals surface area contributed by atoms with Gasteiger partial charge in [-0.1, -0.05) is 31.2 Å². The molecule has 0 bridgehead atoms. The van der Waals surface area contributed by atoms with Gasteiger partial charge in [0, 0.05) is 13.1 Å². The highest BCUT2D eigenvalue weighted by atomic mass is 16.5. The van der Waals surface area contributed by atoms with Gasteiger partial charge in [0.1, 0.15) is 11.3 Å². The van der Waals surface area contributed by atoms with Crippen LogP contribution in [0.25, 0.3) is 10.8 Å². The van der Waals surface area contributed by atoms with E-state index >= 15 is 0 Å². The van der Waals surface area contributed by atoms with Gasteiger partial charge < -0.3 is 26.0 Å². The maximum absolute atomic E-state index is 10.7. The molecule has 0 saturated carbocycles. The molecule has 0 radical (unpaired) electrons. The van der Waals surface area contributed by atoms with E-state index in [0.29, 0.717) is 0 Å². The molecule has 132 valence electrons. The van der Waals surface area contributed by atoms with Crippen LogP contribution >= 0.6 is 0 Å². The van der Waals surface area contributed by atoms with E-state index in [1.54, 1.807) is 6.07 Å². The van der Waals surface area contributed by atoms with Crippen LogP contribution in [-0.4, -0.2) is 49.0 Å². The van der Waals surface area contributed by atoms with Crippen molar-refractivity contribution in [3.05, 3.63) is 42.0 Å². The van der Waals surface area contributed by atoms with E-state index in [1.165, 1.54) is 12.1 Å². The number of benzene rings is 2. The zero-order valence-electron chi connectivity index (χ0n) is 14.0. The lowest BCUT2D eigenvalue weighted by Crippen LogP contribution is -2.30. The fraction of sp³-hybridized carbons (Fsp3) is 0.389. The quantitative estimate of drug-likeness (QED) is 0.671. The molecule has 24 heavy (non-hydrogen) atoms. The molecule has 1 saturated heterocycles. The third-order valence-corrected chi connectivity index (χ3v) is 3.23. The van der Waals surface area contributed by atoms with Gasteiger partial charge >= 0.3 is 5.97 Å². The van der Waals surface area contributed by atoms with Crippen LogP contribution in [0, 0.1) is 0 Å². The molecule has 1 aliphatic rings. The lowest BCUT2D eigenvalue weighted by molar-refractivity contribution is 0.0694. The molecular weight excluding hydrogens is 308 g/mol. The zero-order valence-corrected chi connectivity index (χ0v) is 14.0. The highest BCUT2D eigenvalue weighted by Gasteiger charge is 2.09. The van der Waals surface area contributed by atoms with Gasteiger partial charge in [-0.2, -0.15) is 0 Å². The fourth-order valence-corrected chi connectivity index (χ4v) is 1.92. The van der Waals surface area contributed by atoms with Crippen molar-refractivity contribution in [1.29, 1.82) is 0 Å². The summed E-state index contributed by atoms with van der Waals surface area (Å²) in [6.07, 6.45) is 1.10. The Balaban J connectivity index is 0.000000238. The van der Waals surface area contributed by atoms with Gasteiger partial charge in [0.15, 0.2) is 0 Å². The lowest BCUT2D eigenvalue weighted by atomic mass is 10.1. The Morgan fingerprint density at radius 3 is 2.12 bits per heavy atom. The second-order valence-corrected chi connectivity index (χ2v) is 5.17. The topological polar surface area (TPSA) is 105 Å². The average Bonchev–Trinajstić information content (AvgIpc) is 2.63. The van der Waals surface area contributed by atoms with Gasteiger partial charge in [-0.05, 0) is 35.9 Å². The number of nitrogens with two attached hydrogens (primary N) is 1. The summed E-state index contributed by atoms with van der Waals surface area (Å²) in [6.45, 7) is 6.71. The summed E-state index contributed by atoms with van der Waals surface area (Å²) in [7, 11) is 0. The number of carboxylic acids is 1. The number of nitrogens with one attached hydrogen (secondary N) is 1. The van der Waals surface area contributed by atoms with E-state index in [-0.39, 0.29) is 11.3 Å². The molecule has 2 aromatic rings. The molecule has 6 nitrogen and oxygen atoms in total. The van der Waals surface area contributed by atoms with Gasteiger partial charge in [-0.25, -0.2) is 4.79 Å². The van der Waals surface area contributed by atoms with E-state index in [2.05, 4.69) is 12.2 Å². The van der Waals surface area contributed by atoms with E-state index in [9.17, 15) is 9.90 Å². The van der Waals surface area contributed by atoms with Crippen LogP contribution in [0.5, 0.6) is 5.75 Å². The van der Waals surface area contributed by atoms with E-state index in [0.717, 1.165) is 50.0 Å². The van der Waals surface area contributed by atoms with E-state index < -0.39 is 5.97 Å². The maximum atomic E-state index is 10.7. The van der Waals surface area contributed by atoms with Crippen molar-refractivity contribution in [2.45, 2.75) is 13.3 Å². The van der Waals surface area contributed by atoms with Crippen molar-refractivity contribution >= 4 is 16.7 Å². The smallest absolute Gasteiger partial charge is 0.339 e. The number of morpholine rings is 1. The molecule has 0 atom stereocenters. The van der Waals surface area contributed by atoms with Crippen LogP contribution in [-0.2, 0) is 4.74 Å². The van der Waals surface area contributed by atoms with Crippen LogP contribution in [0.1, 0.15) is 23.7 Å². The minimum atomic E-state index is -1.12. The zero-order chi connectivity index (χ0) is 17.8. The van der Waals surface area contributed by atoms with Gasteiger partial charge in [-0.15, -0.1) is 0 Å². The second kappa shape index (κ2) is 11.4. The third kappa shape index (κ3) is 6.95. The number of hydrogen-bond donors (Lipinski definition) is 4. The first-order chi connectivity index (χ1) is 11.6. The number of aromatic carboxylic acids is 1. The molecule has 0 amide bonds. The van der Waals surface area contributed by atoms with Crippen LogP contribution < -0.4 is 11.1 Å². The number of carboxylic acid groups (broad SMARTS) is 1. The molecule has 1 aliphatic heterocycles. The summed E-state index contributed by atoms with van der Waals surface area (Å²) in [5.74, 6) is -1.32. The lowest BCUT2D eigenvalue weighted by Gasteiger charge is -2.10. The summed E-state index contributed by atoms with van der Waals surface area (Å²) in [4.78, 5) is 10.7. The predicted octanol–water partition coefficient (Wildman–Crippen LogP) is 2.20. The van der Waals surface area contributed by atoms with Gasteiger partial charge in [0.05, 0.1) is 13.2 Å². The van der Waals surface area contributed by atoms with Crippen LogP contribution in [0.4, 0.5) is 0 Å². The number of rotatable bonds is 2. The average molecular weight is 334 g/mol. The maximum Gasteiger partial charge on any atom is 0.339 e. The molecule has 0 aliphatic carbocycles. The molecule has 1 fully saturated rings. The summed E-state index contributed by atoms with van der Waals surface area (Å²) in [5.41, 5.74) is 4.96. The first kappa shape index (κ1) is 19.9. The number of hydrogen-bond acceptors (Lipinski definition) is 5. The fourth-order valence-electron chi connectivity index (χ4n) is 1.92. The molecule has 2 aromatic carbocycles. The summed E-state index contributed by atoms with van der Waals surface area (Å²) < 4.78 is 5.01. The highest BCUT2D eigenvalue weighted by Crippen LogP contribution is 2.24. The van der Waals surface area contributed by atoms with Crippen molar-refractivity contribution in [2.24, 2.45) is 5.73 Å². The van der Waals surface area contributed by atoms with E-state index in [1.807, 2.05) is 18.2 Å². The molecule has 0 spiro atoms. The molecule has 6 heteroatoms. The molecule has 0 aromatic heterocycles. The van der Waals surface area contributed by atoms with Crippen molar-refractivity contribution in [3.63, 3.8) is 0 Å². The first-order valence-corrected chi connectivity index (χ1v) is 8.03. The Labute approximate surface area is 142 Å². The molecule has 3 rings (SSSR count). The molecule has 1 heterocycles. The Kier molecular flexibility index (Phi) is 9.45. The van der Waals surface area contributed by atoms with Gasteiger partial charge in [-0.3, -0.25) is 0 Å². The second-order valence-electron chi connectivity index (χ2n) is 5.17. The number of aromatic hydroxyl groups is 1. The largest absolute Gasteiger partial charge is 0.507 e. The highest BCUT2D eigenvalue weighted by molar-refractivity contribution is 5.97. The Morgan fingerprint density at radius 1 is 1.21 bits per heavy atom. The van der Waals surface area contributed by atoms with Crippen molar-refractivity contribution in [1.82, 2.24) is 5.32 Å².